The molecule has 2 nitrogen and oxygen atoms in total. The summed E-state index contributed by atoms with van der Waals surface area (Å²) in [6, 6.07) is 25.7. The predicted octanol–water partition coefficient (Wildman–Crippen LogP) is 5.30. The van der Waals surface area contributed by atoms with Crippen LogP contribution in [0.25, 0.3) is 0 Å². The van der Waals surface area contributed by atoms with Crippen molar-refractivity contribution in [2.45, 2.75) is 0 Å². The van der Waals surface area contributed by atoms with Crippen molar-refractivity contribution >= 4 is 47.4 Å². The Morgan fingerprint density at radius 1 is 0.760 bits per heavy atom. The maximum atomic E-state index is 9.65. The molecule has 0 aliphatic rings. The highest BCUT2D eigenvalue weighted by molar-refractivity contribution is 7.73. The minimum Gasteiger partial charge on any atom is -0.411 e. The third-order valence-electron chi connectivity index (χ3n) is 3.82. The molecule has 0 radical (unpaired) electrons. The van der Waals surface area contributed by atoms with Gasteiger partial charge in [0, 0.05) is 11.7 Å². The molecule has 1 N–H and O–H groups in total. The highest BCUT2D eigenvalue weighted by Gasteiger charge is 2.21. The van der Waals surface area contributed by atoms with E-state index < -0.39 is 7.92 Å². The molecule has 25 heavy (non-hydrogen) atoms. The summed E-state index contributed by atoms with van der Waals surface area (Å²) in [4.78, 5) is 0. The van der Waals surface area contributed by atoms with E-state index in [2.05, 4.69) is 29.4 Å². The first-order valence-electron chi connectivity index (χ1n) is 7.73. The average molecular weight is 388 g/mol. The van der Waals surface area contributed by atoms with Crippen LogP contribution in [0, 0.1) is 0 Å². The quantitative estimate of drug-likeness (QED) is 0.273. The first-order chi connectivity index (χ1) is 12.2. The number of rotatable bonds is 5. The lowest BCUT2D eigenvalue weighted by molar-refractivity contribution is 0.319. The highest BCUT2D eigenvalue weighted by atomic mass is 35.5. The Balaban J connectivity index is 2.03. The molecule has 3 aromatic rings. The fourth-order valence-electron chi connectivity index (χ4n) is 2.63. The van der Waals surface area contributed by atoms with Crippen molar-refractivity contribution in [3.8, 4) is 0 Å². The van der Waals surface area contributed by atoms with Crippen LogP contribution >= 0.6 is 31.1 Å². The molecule has 0 fully saturated rings. The van der Waals surface area contributed by atoms with Gasteiger partial charge in [0.15, 0.2) is 0 Å². The Kier molecular flexibility index (Phi) is 6.09. The molecule has 3 aromatic carbocycles. The van der Waals surface area contributed by atoms with E-state index in [1.54, 1.807) is 18.2 Å². The lowest BCUT2D eigenvalue weighted by Crippen LogP contribution is -2.19. The molecule has 0 aliphatic carbocycles. The lowest BCUT2D eigenvalue weighted by Gasteiger charge is -2.20. The van der Waals surface area contributed by atoms with Crippen molar-refractivity contribution in [1.29, 1.82) is 0 Å². The normalized spacial score (nSPS) is 11.7. The zero-order valence-electron chi connectivity index (χ0n) is 13.3. The first kappa shape index (κ1) is 17.9. The largest absolute Gasteiger partial charge is 0.411 e. The van der Waals surface area contributed by atoms with E-state index in [1.165, 1.54) is 10.6 Å². The van der Waals surface area contributed by atoms with E-state index >= 15 is 0 Å². The highest BCUT2D eigenvalue weighted by Crippen LogP contribution is 2.36. The van der Waals surface area contributed by atoms with Gasteiger partial charge in [-0.15, -0.1) is 0 Å². The fourth-order valence-corrected chi connectivity index (χ4v) is 5.50. The Morgan fingerprint density at radius 2 is 1.24 bits per heavy atom. The third kappa shape index (κ3) is 4.22. The first-order valence-corrected chi connectivity index (χ1v) is 10.0. The number of oxime groups is 1. The molecule has 0 aromatic heterocycles. The summed E-state index contributed by atoms with van der Waals surface area (Å²) >= 11 is 12.6. The number of benzene rings is 3. The molecule has 0 aliphatic heterocycles. The van der Waals surface area contributed by atoms with Crippen molar-refractivity contribution in [3.05, 3.63) is 94.5 Å². The van der Waals surface area contributed by atoms with E-state index in [-0.39, 0.29) is 0 Å². The Labute approximate surface area is 158 Å². The zero-order valence-corrected chi connectivity index (χ0v) is 15.7. The second-order valence-electron chi connectivity index (χ2n) is 5.40. The van der Waals surface area contributed by atoms with Gasteiger partial charge in [0.1, 0.15) is 0 Å². The van der Waals surface area contributed by atoms with Crippen LogP contribution in [0.3, 0.4) is 0 Å². The van der Waals surface area contributed by atoms with Crippen molar-refractivity contribution in [2.75, 3.05) is 6.16 Å². The monoisotopic (exact) mass is 387 g/mol. The van der Waals surface area contributed by atoms with Gasteiger partial charge in [-0.25, -0.2) is 0 Å². The number of halogens is 2. The summed E-state index contributed by atoms with van der Waals surface area (Å²) in [5.74, 6) is 0. The van der Waals surface area contributed by atoms with Gasteiger partial charge >= 0.3 is 0 Å². The van der Waals surface area contributed by atoms with Crippen molar-refractivity contribution in [1.82, 2.24) is 0 Å². The molecule has 0 spiro atoms. The van der Waals surface area contributed by atoms with E-state index in [9.17, 15) is 5.21 Å². The maximum absolute atomic E-state index is 9.65. The lowest BCUT2D eigenvalue weighted by atomic mass is 10.1. The van der Waals surface area contributed by atoms with Crippen LogP contribution in [0.15, 0.2) is 84.0 Å². The van der Waals surface area contributed by atoms with E-state index in [0.717, 1.165) is 0 Å². The average Bonchev–Trinajstić information content (AvgIpc) is 2.65. The van der Waals surface area contributed by atoms with Crippen LogP contribution in [-0.2, 0) is 0 Å². The maximum Gasteiger partial charge on any atom is 0.0946 e. The molecule has 3 rings (SSSR count). The van der Waals surface area contributed by atoms with Crippen LogP contribution < -0.4 is 10.6 Å². The van der Waals surface area contributed by atoms with Crippen LogP contribution in [0.4, 0.5) is 0 Å². The van der Waals surface area contributed by atoms with E-state index in [1.807, 2.05) is 36.4 Å². The summed E-state index contributed by atoms with van der Waals surface area (Å²) in [5.41, 5.74) is 1.09. The Bertz CT molecular complexity index is 810. The number of nitrogens with zero attached hydrogens (tertiary/aromatic N) is 1. The minimum atomic E-state index is -0.753. The van der Waals surface area contributed by atoms with Gasteiger partial charge in [-0.05, 0) is 30.7 Å². The summed E-state index contributed by atoms with van der Waals surface area (Å²) in [5, 5.41) is 16.6. The second-order valence-corrected chi connectivity index (χ2v) is 8.42. The van der Waals surface area contributed by atoms with Gasteiger partial charge in [-0.1, -0.05) is 95.1 Å². The van der Waals surface area contributed by atoms with Crippen LogP contribution in [0.2, 0.25) is 10.0 Å². The summed E-state index contributed by atoms with van der Waals surface area (Å²) in [7, 11) is -0.753. The zero-order chi connectivity index (χ0) is 17.6. The Hall–Kier alpha value is -1.86. The van der Waals surface area contributed by atoms with Gasteiger partial charge < -0.3 is 5.21 Å². The van der Waals surface area contributed by atoms with Crippen molar-refractivity contribution < 1.29 is 5.21 Å². The summed E-state index contributed by atoms with van der Waals surface area (Å²) in [6.07, 6.45) is 0.545. The molecule has 0 atom stereocenters. The summed E-state index contributed by atoms with van der Waals surface area (Å²) in [6.45, 7) is 0. The van der Waals surface area contributed by atoms with Crippen LogP contribution in [0.1, 0.15) is 5.56 Å². The molecule has 126 valence electrons. The van der Waals surface area contributed by atoms with Gasteiger partial charge in [-0.2, -0.15) is 0 Å². The van der Waals surface area contributed by atoms with Crippen LogP contribution in [0.5, 0.6) is 0 Å². The molecule has 0 saturated carbocycles. The molecule has 0 heterocycles. The molecule has 0 unspecified atom stereocenters. The molecular weight excluding hydrogens is 372 g/mol. The van der Waals surface area contributed by atoms with Crippen LogP contribution in [-0.4, -0.2) is 17.1 Å². The van der Waals surface area contributed by atoms with Gasteiger partial charge in [0.05, 0.1) is 15.8 Å². The predicted molar refractivity (Wildman–Crippen MR) is 109 cm³/mol. The molecule has 0 amide bonds. The molecular formula is C20H16Cl2NOP. The van der Waals surface area contributed by atoms with Gasteiger partial charge in [-0.3, -0.25) is 0 Å². The standard InChI is InChI=1S/C20H16Cl2NOP/c21-17-12-7-13-18(22)20(17)19(23-24)14-25(15-8-3-1-4-9-15)16-10-5-2-6-11-16/h1-13,24H,14H2. The second kappa shape index (κ2) is 8.49. The SMILES string of the molecule is ON=C(CP(c1ccccc1)c1ccccc1)c1c(Cl)cccc1Cl. The fraction of sp³-hybridized carbons (Fsp3) is 0.0500. The summed E-state index contributed by atoms with van der Waals surface area (Å²) < 4.78 is 0. The van der Waals surface area contributed by atoms with Gasteiger partial charge in [0.2, 0.25) is 0 Å². The number of hydrogen-bond donors (Lipinski definition) is 1. The van der Waals surface area contributed by atoms with Crippen molar-refractivity contribution in [3.63, 3.8) is 0 Å². The van der Waals surface area contributed by atoms with Crippen molar-refractivity contribution in [2.24, 2.45) is 5.16 Å². The van der Waals surface area contributed by atoms with E-state index in [4.69, 9.17) is 23.2 Å². The topological polar surface area (TPSA) is 32.6 Å². The minimum absolute atomic E-state index is 0.483. The molecule has 5 heteroatoms. The number of hydrogen-bond acceptors (Lipinski definition) is 2. The Morgan fingerprint density at radius 3 is 1.68 bits per heavy atom. The smallest absolute Gasteiger partial charge is 0.0946 e. The molecule has 0 saturated heterocycles. The van der Waals surface area contributed by atoms with E-state index in [0.29, 0.717) is 27.5 Å². The molecule has 0 bridgehead atoms. The van der Waals surface area contributed by atoms with Gasteiger partial charge in [0.25, 0.3) is 0 Å². The third-order valence-corrected chi connectivity index (χ3v) is 6.90.